The number of hydroxylamine groups is 2. The fourth-order valence-corrected chi connectivity index (χ4v) is 4.46. The quantitative estimate of drug-likeness (QED) is 0.754. The smallest absolute Gasteiger partial charge is 0.410 e. The molecular weight excluding hydrogens is 412 g/mol. The highest BCUT2D eigenvalue weighted by Crippen LogP contribution is 2.31. The minimum Gasteiger partial charge on any atom is -0.444 e. The minimum atomic E-state index is -0.554. The molecule has 4 rings (SSSR count). The minimum absolute atomic E-state index is 0.0376. The lowest BCUT2D eigenvalue weighted by Gasteiger charge is -2.30. The first-order chi connectivity index (χ1) is 15.2. The number of hydrogen-bond acceptors (Lipinski definition) is 5. The van der Waals surface area contributed by atoms with Crippen LogP contribution in [0.25, 0.3) is 0 Å². The molecule has 1 aromatic carbocycles. The molecule has 3 aliphatic heterocycles. The number of carbonyl (C=O) groups is 3. The van der Waals surface area contributed by atoms with Gasteiger partial charge in [-0.1, -0.05) is 30.3 Å². The van der Waals surface area contributed by atoms with Gasteiger partial charge in [-0.15, -0.1) is 0 Å². The molecule has 0 aromatic heterocycles. The Labute approximate surface area is 188 Å². The molecule has 0 aliphatic carbocycles. The zero-order chi connectivity index (χ0) is 22.9. The molecule has 32 heavy (non-hydrogen) atoms. The molecule has 3 aliphatic rings. The molecule has 1 unspecified atom stereocenters. The van der Waals surface area contributed by atoms with E-state index in [-0.39, 0.29) is 30.1 Å². The van der Waals surface area contributed by atoms with E-state index in [4.69, 9.17) is 9.57 Å². The first-order valence-corrected chi connectivity index (χ1v) is 11.3. The highest BCUT2D eigenvalue weighted by Gasteiger charge is 2.48. The largest absolute Gasteiger partial charge is 0.444 e. The monoisotopic (exact) mass is 444 g/mol. The van der Waals surface area contributed by atoms with Crippen molar-refractivity contribution in [3.63, 3.8) is 0 Å². The lowest BCUT2D eigenvalue weighted by atomic mass is 10.00. The van der Waals surface area contributed by atoms with Gasteiger partial charge in [0.1, 0.15) is 18.2 Å². The van der Waals surface area contributed by atoms with E-state index in [0.717, 1.165) is 5.56 Å². The van der Waals surface area contributed by atoms with Crippen LogP contribution in [0.2, 0.25) is 0 Å². The van der Waals surface area contributed by atoms with E-state index >= 15 is 0 Å². The van der Waals surface area contributed by atoms with Crippen LogP contribution in [-0.4, -0.2) is 76.3 Å². The number of urea groups is 1. The van der Waals surface area contributed by atoms with Gasteiger partial charge in [-0.2, -0.15) is 5.06 Å². The number of benzene rings is 1. The van der Waals surface area contributed by atoms with E-state index in [0.29, 0.717) is 45.5 Å². The number of rotatable bonds is 5. The van der Waals surface area contributed by atoms with Gasteiger partial charge in [0.25, 0.3) is 0 Å². The Balaban J connectivity index is 1.29. The van der Waals surface area contributed by atoms with E-state index in [2.05, 4.69) is 5.32 Å². The molecule has 3 saturated heterocycles. The Kier molecular flexibility index (Phi) is 6.28. The Morgan fingerprint density at radius 1 is 1.09 bits per heavy atom. The third-order valence-electron chi connectivity index (χ3n) is 6.02. The maximum atomic E-state index is 13.0. The van der Waals surface area contributed by atoms with Crippen LogP contribution in [-0.2, 0) is 21.0 Å². The molecule has 174 valence electrons. The fourth-order valence-electron chi connectivity index (χ4n) is 4.46. The maximum Gasteiger partial charge on any atom is 0.410 e. The van der Waals surface area contributed by atoms with Gasteiger partial charge in [-0.05, 0) is 45.6 Å². The normalized spacial score (nSPS) is 25.3. The Hall–Kier alpha value is -2.81. The summed E-state index contributed by atoms with van der Waals surface area (Å²) in [4.78, 5) is 47.2. The van der Waals surface area contributed by atoms with Crippen LogP contribution in [0.15, 0.2) is 30.3 Å². The van der Waals surface area contributed by atoms with Crippen LogP contribution in [0, 0.1) is 0 Å². The number of nitrogens with one attached hydrogen (secondary N) is 1. The highest BCUT2D eigenvalue weighted by molar-refractivity contribution is 5.88. The number of piperidine rings is 1. The van der Waals surface area contributed by atoms with Gasteiger partial charge in [-0.3, -0.25) is 9.63 Å². The number of hydrogen-bond donors (Lipinski definition) is 1. The molecule has 1 N–H and O–H groups in total. The van der Waals surface area contributed by atoms with Crippen molar-refractivity contribution >= 4 is 18.0 Å². The van der Waals surface area contributed by atoms with Gasteiger partial charge >= 0.3 is 12.1 Å². The summed E-state index contributed by atoms with van der Waals surface area (Å²) in [5, 5.41) is 4.46. The first kappa shape index (κ1) is 22.4. The summed E-state index contributed by atoms with van der Waals surface area (Å²) >= 11 is 0. The van der Waals surface area contributed by atoms with E-state index in [9.17, 15) is 14.4 Å². The van der Waals surface area contributed by atoms with Gasteiger partial charge in [0.2, 0.25) is 5.91 Å². The van der Waals surface area contributed by atoms with Crippen molar-refractivity contribution < 1.29 is 24.0 Å². The Morgan fingerprint density at radius 3 is 2.56 bits per heavy atom. The van der Waals surface area contributed by atoms with Crippen LogP contribution in [0.4, 0.5) is 9.59 Å². The molecule has 0 spiro atoms. The number of ether oxygens (including phenoxy) is 1. The van der Waals surface area contributed by atoms with Gasteiger partial charge in [0, 0.05) is 25.7 Å². The van der Waals surface area contributed by atoms with Crippen molar-refractivity contribution in [3.05, 3.63) is 35.9 Å². The predicted octanol–water partition coefficient (Wildman–Crippen LogP) is 2.51. The lowest BCUT2D eigenvalue weighted by molar-refractivity contribution is -0.140. The van der Waals surface area contributed by atoms with Crippen molar-refractivity contribution in [2.45, 2.75) is 70.4 Å². The molecule has 9 heteroatoms. The summed E-state index contributed by atoms with van der Waals surface area (Å²) in [5.74, 6) is -0.169. The molecule has 1 aromatic rings. The molecule has 2 bridgehead atoms. The average Bonchev–Trinajstić information content (AvgIpc) is 3.30. The summed E-state index contributed by atoms with van der Waals surface area (Å²) in [6, 6.07) is 8.74. The van der Waals surface area contributed by atoms with Crippen LogP contribution < -0.4 is 5.32 Å². The topological polar surface area (TPSA) is 91.4 Å². The van der Waals surface area contributed by atoms with Gasteiger partial charge in [0.15, 0.2) is 0 Å². The average molecular weight is 445 g/mol. The second kappa shape index (κ2) is 8.97. The van der Waals surface area contributed by atoms with E-state index in [1.54, 1.807) is 9.80 Å². The Bertz CT molecular complexity index is 856. The van der Waals surface area contributed by atoms with E-state index in [1.165, 1.54) is 5.06 Å². The molecule has 3 heterocycles. The summed E-state index contributed by atoms with van der Waals surface area (Å²) in [6.45, 7) is 7.24. The number of nitrogens with zero attached hydrogens (tertiary/aromatic N) is 3. The zero-order valence-electron chi connectivity index (χ0n) is 19.0. The fraction of sp³-hybridized carbons (Fsp3) is 0.609. The lowest BCUT2D eigenvalue weighted by Crippen LogP contribution is -2.52. The van der Waals surface area contributed by atoms with Crippen LogP contribution in [0.5, 0.6) is 0 Å². The number of fused-ring (bicyclic) bond motifs is 2. The molecule has 3 fully saturated rings. The Morgan fingerprint density at radius 2 is 1.84 bits per heavy atom. The number of carbonyl (C=O) groups excluding carboxylic acids is 3. The van der Waals surface area contributed by atoms with E-state index < -0.39 is 11.6 Å². The molecule has 0 radical (unpaired) electrons. The summed E-state index contributed by atoms with van der Waals surface area (Å²) in [7, 11) is 0. The van der Waals surface area contributed by atoms with E-state index in [1.807, 2.05) is 51.1 Å². The zero-order valence-corrected chi connectivity index (χ0v) is 19.0. The first-order valence-electron chi connectivity index (χ1n) is 11.3. The second-order valence-electron chi connectivity index (χ2n) is 9.69. The van der Waals surface area contributed by atoms with Crippen LogP contribution in [0.1, 0.15) is 45.6 Å². The van der Waals surface area contributed by atoms with Crippen molar-refractivity contribution in [3.8, 4) is 0 Å². The number of amides is 4. The standard InChI is InChI=1S/C23H32N4O5/c1-23(2,3)32-22(30)25-12-11-17(13-25)24-20(28)19-10-9-18-14-26(19)21(29)27(18)31-15-16-7-5-4-6-8-16/h4-8,17-19H,9-15H2,1-3H3,(H,24,28)/t17?,18-,19+/m1/s1. The molecular formula is C23H32N4O5. The maximum absolute atomic E-state index is 13.0. The molecule has 0 saturated carbocycles. The highest BCUT2D eigenvalue weighted by atomic mass is 16.7. The van der Waals surface area contributed by atoms with Crippen molar-refractivity contribution in [1.82, 2.24) is 20.2 Å². The van der Waals surface area contributed by atoms with Crippen molar-refractivity contribution in [1.29, 1.82) is 0 Å². The van der Waals surface area contributed by atoms with Crippen LogP contribution >= 0.6 is 0 Å². The summed E-state index contributed by atoms with van der Waals surface area (Å²) in [6.07, 6.45) is 1.61. The summed E-state index contributed by atoms with van der Waals surface area (Å²) < 4.78 is 5.41. The van der Waals surface area contributed by atoms with Gasteiger partial charge < -0.3 is 19.9 Å². The molecule has 4 amide bonds. The van der Waals surface area contributed by atoms with Gasteiger partial charge in [-0.25, -0.2) is 9.59 Å². The SMILES string of the molecule is CC(C)(C)OC(=O)N1CCC(NC(=O)[C@@H]2CC[C@@H]3CN2C(=O)N3OCc2ccccc2)C1. The second-order valence-corrected chi connectivity index (χ2v) is 9.69. The number of likely N-dealkylation sites (tertiary alicyclic amines) is 1. The van der Waals surface area contributed by atoms with Crippen molar-refractivity contribution in [2.24, 2.45) is 0 Å². The third kappa shape index (κ3) is 4.98. The summed E-state index contributed by atoms with van der Waals surface area (Å²) in [5.41, 5.74) is 0.434. The van der Waals surface area contributed by atoms with Gasteiger partial charge in [0.05, 0.1) is 6.04 Å². The third-order valence-corrected chi connectivity index (χ3v) is 6.02. The van der Waals surface area contributed by atoms with Crippen LogP contribution in [0.3, 0.4) is 0 Å². The van der Waals surface area contributed by atoms with Crippen molar-refractivity contribution in [2.75, 3.05) is 19.6 Å². The predicted molar refractivity (Wildman–Crippen MR) is 116 cm³/mol. The molecule has 9 nitrogen and oxygen atoms in total. The molecule has 3 atom stereocenters.